The van der Waals surface area contributed by atoms with E-state index in [0.29, 0.717) is 17.9 Å². The Morgan fingerprint density at radius 1 is 1.42 bits per heavy atom. The molecular weight excluding hydrogens is 242 g/mol. The molecular formula is C14H21N3O2. The van der Waals surface area contributed by atoms with Crippen LogP contribution in [0.2, 0.25) is 0 Å². The molecule has 2 rings (SSSR count). The Balaban J connectivity index is 2.21. The van der Waals surface area contributed by atoms with Gasteiger partial charge in [0.1, 0.15) is 11.4 Å². The van der Waals surface area contributed by atoms with Crippen molar-refractivity contribution >= 4 is 11.8 Å². The van der Waals surface area contributed by atoms with Gasteiger partial charge in [-0.2, -0.15) is 0 Å². The van der Waals surface area contributed by atoms with E-state index in [1.54, 1.807) is 6.07 Å². The van der Waals surface area contributed by atoms with E-state index in [0.717, 1.165) is 43.5 Å². The molecule has 5 nitrogen and oxygen atoms in total. The van der Waals surface area contributed by atoms with Crippen LogP contribution in [0.5, 0.6) is 0 Å². The summed E-state index contributed by atoms with van der Waals surface area (Å²) >= 11 is 0. The van der Waals surface area contributed by atoms with Crippen LogP contribution in [0.15, 0.2) is 6.07 Å². The molecule has 0 bridgehead atoms. The van der Waals surface area contributed by atoms with Crippen molar-refractivity contribution < 1.29 is 9.90 Å². The van der Waals surface area contributed by atoms with Crippen LogP contribution < -0.4 is 5.32 Å². The number of pyridine rings is 1. The number of hydrogen-bond donors (Lipinski definition) is 2. The van der Waals surface area contributed by atoms with E-state index in [-0.39, 0.29) is 0 Å². The Labute approximate surface area is 113 Å². The Bertz CT molecular complexity index is 472. The second-order valence-corrected chi connectivity index (χ2v) is 5.23. The molecule has 19 heavy (non-hydrogen) atoms. The monoisotopic (exact) mass is 263 g/mol. The second kappa shape index (κ2) is 6.02. The fourth-order valence-corrected chi connectivity index (χ4v) is 2.33. The van der Waals surface area contributed by atoms with Gasteiger partial charge in [-0.3, -0.25) is 0 Å². The lowest BCUT2D eigenvalue weighted by Gasteiger charge is -2.18. The highest BCUT2D eigenvalue weighted by atomic mass is 16.4. The summed E-state index contributed by atoms with van der Waals surface area (Å²) in [5.41, 5.74) is 2.45. The fourth-order valence-electron chi connectivity index (χ4n) is 2.33. The van der Waals surface area contributed by atoms with E-state index >= 15 is 0 Å². The number of aromatic nitrogens is 1. The third-order valence-electron chi connectivity index (χ3n) is 3.38. The summed E-state index contributed by atoms with van der Waals surface area (Å²) in [6, 6.07) is 1.79. The van der Waals surface area contributed by atoms with Crippen molar-refractivity contribution in [2.45, 2.75) is 25.7 Å². The molecule has 0 aromatic carbocycles. The molecule has 0 saturated heterocycles. The Morgan fingerprint density at radius 2 is 2.16 bits per heavy atom. The van der Waals surface area contributed by atoms with Gasteiger partial charge in [-0.15, -0.1) is 0 Å². The van der Waals surface area contributed by atoms with Gasteiger partial charge in [-0.05, 0) is 51.4 Å². The van der Waals surface area contributed by atoms with Crippen molar-refractivity contribution in [3.05, 3.63) is 22.9 Å². The quantitative estimate of drug-likeness (QED) is 0.845. The molecule has 5 heteroatoms. The van der Waals surface area contributed by atoms with Crippen molar-refractivity contribution in [2.24, 2.45) is 0 Å². The number of carbonyl (C=O) groups is 1. The van der Waals surface area contributed by atoms with E-state index in [4.69, 9.17) is 0 Å². The van der Waals surface area contributed by atoms with Gasteiger partial charge in [-0.1, -0.05) is 0 Å². The van der Waals surface area contributed by atoms with Crippen molar-refractivity contribution in [3.8, 4) is 0 Å². The number of aromatic carboxylic acids is 1. The van der Waals surface area contributed by atoms with Gasteiger partial charge in [0, 0.05) is 18.8 Å². The van der Waals surface area contributed by atoms with E-state index in [1.807, 2.05) is 19.0 Å². The summed E-state index contributed by atoms with van der Waals surface area (Å²) < 4.78 is 0. The lowest BCUT2D eigenvalue weighted by atomic mass is 9.95. The van der Waals surface area contributed by atoms with Crippen LogP contribution in [0.1, 0.15) is 34.5 Å². The molecule has 104 valence electrons. The Kier molecular flexibility index (Phi) is 4.37. The number of fused-ring (bicyclic) bond motifs is 1. The second-order valence-electron chi connectivity index (χ2n) is 5.23. The maximum absolute atomic E-state index is 11.3. The van der Waals surface area contributed by atoms with E-state index in [2.05, 4.69) is 10.3 Å². The SMILES string of the molecule is CN(C)CCNc1nc2c(cc1C(=O)O)CCCC2. The highest BCUT2D eigenvalue weighted by molar-refractivity contribution is 5.93. The molecule has 0 aliphatic heterocycles. The minimum Gasteiger partial charge on any atom is -0.478 e. The number of anilines is 1. The molecule has 1 aliphatic rings. The minimum absolute atomic E-state index is 0.291. The molecule has 1 aromatic heterocycles. The molecule has 1 heterocycles. The first-order valence-corrected chi connectivity index (χ1v) is 6.72. The van der Waals surface area contributed by atoms with Crippen LogP contribution in [0, 0.1) is 0 Å². The first-order valence-electron chi connectivity index (χ1n) is 6.72. The summed E-state index contributed by atoms with van der Waals surface area (Å²) in [5.74, 6) is -0.400. The summed E-state index contributed by atoms with van der Waals surface area (Å²) in [6.07, 6.45) is 4.17. The zero-order valence-electron chi connectivity index (χ0n) is 11.6. The van der Waals surface area contributed by atoms with Gasteiger partial charge in [0.15, 0.2) is 0 Å². The van der Waals surface area contributed by atoms with E-state index in [9.17, 15) is 9.90 Å². The average molecular weight is 263 g/mol. The van der Waals surface area contributed by atoms with Crippen LogP contribution in [0.3, 0.4) is 0 Å². The van der Waals surface area contributed by atoms with Crippen molar-refractivity contribution in [1.29, 1.82) is 0 Å². The third-order valence-corrected chi connectivity index (χ3v) is 3.38. The number of likely N-dealkylation sites (N-methyl/N-ethyl adjacent to an activating group) is 1. The first-order chi connectivity index (χ1) is 9.08. The molecule has 1 aliphatic carbocycles. The highest BCUT2D eigenvalue weighted by Gasteiger charge is 2.18. The molecule has 0 spiro atoms. The van der Waals surface area contributed by atoms with E-state index in [1.165, 1.54) is 0 Å². The molecule has 0 unspecified atom stereocenters. The molecule has 0 atom stereocenters. The summed E-state index contributed by atoms with van der Waals surface area (Å²) in [6.45, 7) is 1.54. The van der Waals surface area contributed by atoms with Gasteiger partial charge < -0.3 is 15.3 Å². The number of nitrogens with one attached hydrogen (secondary N) is 1. The lowest BCUT2D eigenvalue weighted by Crippen LogP contribution is -2.22. The highest BCUT2D eigenvalue weighted by Crippen LogP contribution is 2.24. The van der Waals surface area contributed by atoms with Gasteiger partial charge in [0.05, 0.1) is 0 Å². The number of nitrogens with zero attached hydrogens (tertiary/aromatic N) is 2. The normalized spacial score (nSPS) is 14.3. The largest absolute Gasteiger partial charge is 0.478 e. The Hall–Kier alpha value is -1.62. The number of carboxylic acids is 1. The summed E-state index contributed by atoms with van der Waals surface area (Å²) in [7, 11) is 3.97. The Morgan fingerprint density at radius 3 is 2.84 bits per heavy atom. The molecule has 0 fully saturated rings. The number of aryl methyl sites for hydroxylation is 2. The van der Waals surface area contributed by atoms with Gasteiger partial charge in [-0.25, -0.2) is 9.78 Å². The predicted molar refractivity (Wildman–Crippen MR) is 74.9 cm³/mol. The molecule has 0 radical (unpaired) electrons. The van der Waals surface area contributed by atoms with Crippen molar-refractivity contribution in [3.63, 3.8) is 0 Å². The van der Waals surface area contributed by atoms with Crippen molar-refractivity contribution in [2.75, 3.05) is 32.5 Å². The van der Waals surface area contributed by atoms with Gasteiger partial charge in [0.2, 0.25) is 0 Å². The topological polar surface area (TPSA) is 65.5 Å². The van der Waals surface area contributed by atoms with E-state index < -0.39 is 5.97 Å². The van der Waals surface area contributed by atoms with Crippen molar-refractivity contribution in [1.82, 2.24) is 9.88 Å². The molecule has 2 N–H and O–H groups in total. The number of hydrogen-bond acceptors (Lipinski definition) is 4. The first kappa shape index (κ1) is 13.8. The van der Waals surface area contributed by atoms with Gasteiger partial charge in [0.25, 0.3) is 0 Å². The van der Waals surface area contributed by atoms with Crippen LogP contribution in [0.4, 0.5) is 5.82 Å². The maximum Gasteiger partial charge on any atom is 0.339 e. The van der Waals surface area contributed by atoms with Crippen LogP contribution >= 0.6 is 0 Å². The van der Waals surface area contributed by atoms with Crippen LogP contribution in [-0.2, 0) is 12.8 Å². The molecule has 1 aromatic rings. The number of rotatable bonds is 5. The summed E-state index contributed by atoms with van der Waals surface area (Å²) in [4.78, 5) is 17.9. The minimum atomic E-state index is -0.909. The van der Waals surface area contributed by atoms with Crippen LogP contribution in [-0.4, -0.2) is 48.1 Å². The molecule has 0 saturated carbocycles. The summed E-state index contributed by atoms with van der Waals surface area (Å²) in [5, 5.41) is 12.4. The zero-order chi connectivity index (χ0) is 13.8. The standard InChI is InChI=1S/C14H21N3O2/c1-17(2)8-7-15-13-11(14(18)19)9-10-5-3-4-6-12(10)16-13/h9H,3-8H2,1-2H3,(H,15,16)(H,18,19). The zero-order valence-corrected chi connectivity index (χ0v) is 11.6. The predicted octanol–water partition coefficient (Wildman–Crippen LogP) is 1.63. The smallest absolute Gasteiger partial charge is 0.339 e. The van der Waals surface area contributed by atoms with Crippen LogP contribution in [0.25, 0.3) is 0 Å². The third kappa shape index (κ3) is 3.44. The van der Waals surface area contributed by atoms with Gasteiger partial charge >= 0.3 is 5.97 Å². The molecule has 0 amide bonds. The maximum atomic E-state index is 11.3. The number of carboxylic acid groups (broad SMARTS) is 1. The average Bonchev–Trinajstić information content (AvgIpc) is 2.37. The fraction of sp³-hybridized carbons (Fsp3) is 0.571. The lowest BCUT2D eigenvalue weighted by molar-refractivity contribution is 0.0697.